The van der Waals surface area contributed by atoms with Gasteiger partial charge in [-0.25, -0.2) is 0 Å². The zero-order chi connectivity index (χ0) is 42.4. The smallest absolute Gasteiger partial charge is 0.00261 e. The van der Waals surface area contributed by atoms with E-state index in [1.165, 1.54) is 161 Å². The minimum absolute atomic E-state index is 1.12. The zero-order valence-electron chi connectivity index (χ0n) is 37.5. The highest BCUT2D eigenvalue weighted by Crippen LogP contribution is 2.50. The Morgan fingerprint density at radius 2 is 0.452 bits per heavy atom. The molecular weight excluding hydrogens is 745 g/mol. The summed E-state index contributed by atoms with van der Waals surface area (Å²) in [5.41, 5.74) is 16.0. The van der Waals surface area contributed by atoms with E-state index in [1.54, 1.807) is 0 Å². The van der Waals surface area contributed by atoms with Crippen molar-refractivity contribution in [2.24, 2.45) is 0 Å². The monoisotopic (exact) mass is 806 g/mol. The van der Waals surface area contributed by atoms with Crippen LogP contribution in [0.3, 0.4) is 0 Å². The van der Waals surface area contributed by atoms with Crippen molar-refractivity contribution in [3.63, 3.8) is 0 Å². The van der Waals surface area contributed by atoms with Crippen LogP contribution in [0.4, 0.5) is 0 Å². The number of hydrogen-bond donors (Lipinski definition) is 0. The Labute approximate surface area is 370 Å². The summed E-state index contributed by atoms with van der Waals surface area (Å²) in [6.45, 7) is 9.13. The van der Waals surface area contributed by atoms with Gasteiger partial charge in [0.2, 0.25) is 0 Å². The fraction of sp³-hybridized carbons (Fsp3) is 0.258. The average molecular weight is 807 g/mol. The molecular formula is C62H62. The molecule has 62 heavy (non-hydrogen) atoms. The summed E-state index contributed by atoms with van der Waals surface area (Å²) in [6, 6.07) is 61.6. The lowest BCUT2D eigenvalue weighted by atomic mass is 9.80. The number of hydrogen-bond acceptors (Lipinski definition) is 0. The summed E-state index contributed by atoms with van der Waals surface area (Å²) >= 11 is 0. The van der Waals surface area contributed by atoms with Crippen LogP contribution >= 0.6 is 0 Å². The Kier molecular flexibility index (Phi) is 12.7. The first-order valence-electron chi connectivity index (χ1n) is 23.8. The Hall–Kier alpha value is -5.98. The highest BCUT2D eigenvalue weighted by molar-refractivity contribution is 6.29. The molecule has 9 aromatic carbocycles. The maximum atomic E-state index is 2.59. The van der Waals surface area contributed by atoms with E-state index in [2.05, 4.69) is 185 Å². The van der Waals surface area contributed by atoms with Crippen LogP contribution in [0.5, 0.6) is 0 Å². The molecule has 0 nitrogen and oxygen atoms in total. The van der Waals surface area contributed by atoms with Gasteiger partial charge in [-0.05, 0) is 173 Å². The van der Waals surface area contributed by atoms with E-state index in [0.29, 0.717) is 0 Å². The SMILES string of the molecule is CCCCc1ccc(-c2c3ccccc3c(-c3ccc(CCCC)cc3)c3cc4c(-c5ccc(CCCC)cc5)c5ccccc5c(-c5ccc(CCCC)cc5)c4cc23)cc1. The molecule has 0 unspecified atom stereocenters. The second kappa shape index (κ2) is 19.0. The predicted molar refractivity (Wildman–Crippen MR) is 273 cm³/mol. The van der Waals surface area contributed by atoms with Crippen molar-refractivity contribution in [2.45, 2.75) is 105 Å². The van der Waals surface area contributed by atoms with Crippen molar-refractivity contribution in [3.05, 3.63) is 180 Å². The molecule has 0 spiro atoms. The van der Waals surface area contributed by atoms with E-state index >= 15 is 0 Å². The standard InChI is InChI=1S/C62H62/c1-5-9-17-43-25-33-47(34-26-43)59-51-21-13-14-22-52(51)60(48-35-27-44(28-36-48)18-10-6-2)56-42-58-57(41-55(56)59)61(49-37-29-45(30-38-49)19-11-7-3)53-23-15-16-24-54(53)62(58)50-39-31-46(32-40-50)20-12-8-4/h13-16,21-42H,5-12,17-20H2,1-4H3. The van der Waals surface area contributed by atoms with Gasteiger partial charge in [-0.3, -0.25) is 0 Å². The summed E-state index contributed by atoms with van der Waals surface area (Å²) in [7, 11) is 0. The molecule has 0 bridgehead atoms. The molecule has 0 aromatic heterocycles. The Bertz CT molecular complexity index is 2540. The van der Waals surface area contributed by atoms with Gasteiger partial charge in [0, 0.05) is 0 Å². The summed E-state index contributed by atoms with van der Waals surface area (Å²) in [4.78, 5) is 0. The van der Waals surface area contributed by atoms with Gasteiger partial charge >= 0.3 is 0 Å². The zero-order valence-corrected chi connectivity index (χ0v) is 37.5. The average Bonchev–Trinajstić information content (AvgIpc) is 3.32. The van der Waals surface area contributed by atoms with Gasteiger partial charge in [-0.2, -0.15) is 0 Å². The first-order chi connectivity index (χ1) is 30.6. The molecule has 0 saturated heterocycles. The molecule has 0 aliphatic carbocycles. The molecule has 0 heteroatoms. The van der Waals surface area contributed by atoms with Crippen LogP contribution in [0, 0.1) is 0 Å². The first-order valence-corrected chi connectivity index (χ1v) is 23.8. The van der Waals surface area contributed by atoms with Crippen LogP contribution in [0.1, 0.15) is 101 Å². The van der Waals surface area contributed by atoms with Crippen molar-refractivity contribution in [1.29, 1.82) is 0 Å². The molecule has 0 atom stereocenters. The maximum Gasteiger partial charge on any atom is -0.00261 e. The van der Waals surface area contributed by atoms with Gasteiger partial charge in [-0.1, -0.05) is 199 Å². The van der Waals surface area contributed by atoms with E-state index in [-0.39, 0.29) is 0 Å². The molecule has 0 fully saturated rings. The minimum Gasteiger partial charge on any atom is -0.0654 e. The maximum absolute atomic E-state index is 2.59. The van der Waals surface area contributed by atoms with Crippen LogP contribution in [-0.2, 0) is 25.7 Å². The van der Waals surface area contributed by atoms with Crippen molar-refractivity contribution in [3.8, 4) is 44.5 Å². The molecule has 9 rings (SSSR count). The van der Waals surface area contributed by atoms with Crippen molar-refractivity contribution < 1.29 is 0 Å². The quantitative estimate of drug-likeness (QED) is 0.0853. The van der Waals surface area contributed by atoms with Gasteiger partial charge in [-0.15, -0.1) is 0 Å². The third kappa shape index (κ3) is 8.21. The van der Waals surface area contributed by atoms with Crippen molar-refractivity contribution in [1.82, 2.24) is 0 Å². The molecule has 0 aliphatic rings. The Morgan fingerprint density at radius 3 is 0.645 bits per heavy atom. The minimum atomic E-state index is 1.12. The van der Waals surface area contributed by atoms with E-state index in [1.807, 2.05) is 0 Å². The van der Waals surface area contributed by atoms with Crippen molar-refractivity contribution >= 4 is 43.1 Å². The molecule has 0 amide bonds. The summed E-state index contributed by atoms with van der Waals surface area (Å²) in [5, 5.41) is 10.4. The number of aryl methyl sites for hydroxylation is 4. The fourth-order valence-electron chi connectivity index (χ4n) is 9.97. The number of fused-ring (bicyclic) bond motifs is 4. The van der Waals surface area contributed by atoms with Gasteiger partial charge in [0.05, 0.1) is 0 Å². The predicted octanol–water partition coefficient (Wildman–Crippen LogP) is 18.3. The lowest BCUT2D eigenvalue weighted by Gasteiger charge is -2.22. The van der Waals surface area contributed by atoms with Gasteiger partial charge in [0.25, 0.3) is 0 Å². The molecule has 0 N–H and O–H groups in total. The molecule has 0 saturated carbocycles. The van der Waals surface area contributed by atoms with E-state index in [9.17, 15) is 0 Å². The summed E-state index contributed by atoms with van der Waals surface area (Å²) in [5.74, 6) is 0. The highest BCUT2D eigenvalue weighted by atomic mass is 14.3. The second-order valence-corrected chi connectivity index (χ2v) is 17.7. The number of unbranched alkanes of at least 4 members (excludes halogenated alkanes) is 4. The van der Waals surface area contributed by atoms with E-state index in [4.69, 9.17) is 0 Å². The molecule has 9 aromatic rings. The molecule has 0 aliphatic heterocycles. The largest absolute Gasteiger partial charge is 0.0654 e. The van der Waals surface area contributed by atoms with Gasteiger partial charge < -0.3 is 0 Å². The molecule has 0 heterocycles. The highest BCUT2D eigenvalue weighted by Gasteiger charge is 2.22. The van der Waals surface area contributed by atoms with Crippen molar-refractivity contribution in [2.75, 3.05) is 0 Å². The normalized spacial score (nSPS) is 11.7. The van der Waals surface area contributed by atoms with Crippen LogP contribution in [0.15, 0.2) is 158 Å². The first kappa shape index (κ1) is 41.4. The van der Waals surface area contributed by atoms with Crippen LogP contribution < -0.4 is 0 Å². The van der Waals surface area contributed by atoms with E-state index in [0.717, 1.165) is 25.7 Å². The van der Waals surface area contributed by atoms with E-state index < -0.39 is 0 Å². The van der Waals surface area contributed by atoms with Crippen LogP contribution in [0.25, 0.3) is 87.6 Å². The summed E-state index contributed by atoms with van der Waals surface area (Å²) in [6.07, 6.45) is 14.1. The second-order valence-electron chi connectivity index (χ2n) is 17.7. The molecule has 0 radical (unpaired) electrons. The fourth-order valence-corrected chi connectivity index (χ4v) is 9.97. The van der Waals surface area contributed by atoms with Gasteiger partial charge in [0.1, 0.15) is 0 Å². The third-order valence-corrected chi connectivity index (χ3v) is 13.4. The topological polar surface area (TPSA) is 0 Å². The Balaban J connectivity index is 1.42. The number of rotatable bonds is 16. The van der Waals surface area contributed by atoms with Crippen LogP contribution in [-0.4, -0.2) is 0 Å². The lowest BCUT2D eigenvalue weighted by Crippen LogP contribution is -1.96. The number of benzene rings is 9. The van der Waals surface area contributed by atoms with Gasteiger partial charge in [0.15, 0.2) is 0 Å². The summed E-state index contributed by atoms with van der Waals surface area (Å²) < 4.78 is 0. The molecule has 310 valence electrons. The van der Waals surface area contributed by atoms with Crippen LogP contribution in [0.2, 0.25) is 0 Å². The lowest BCUT2D eigenvalue weighted by molar-refractivity contribution is 0.795. The Morgan fingerprint density at radius 1 is 0.242 bits per heavy atom. The third-order valence-electron chi connectivity index (χ3n) is 13.4.